The van der Waals surface area contributed by atoms with Crippen LogP contribution < -0.4 is 0 Å². The van der Waals surface area contributed by atoms with Crippen molar-refractivity contribution in [2.45, 2.75) is 12.8 Å². The molecule has 1 heterocycles. The van der Waals surface area contributed by atoms with Gasteiger partial charge in [-0.15, -0.1) is 5.10 Å². The molecule has 1 aromatic rings. The standard InChI is InChI=1S/C6H8N2O3S/c1-10-5(9)3-2-4-7-8-6(12)11-4/h2-3H2,1H3,(H,8,12). The van der Waals surface area contributed by atoms with Gasteiger partial charge in [-0.3, -0.25) is 4.79 Å². The Labute approximate surface area is 73.7 Å². The number of H-pyrrole nitrogens is 1. The van der Waals surface area contributed by atoms with Gasteiger partial charge in [0.15, 0.2) is 0 Å². The Balaban J connectivity index is 2.43. The summed E-state index contributed by atoms with van der Waals surface area (Å²) in [4.78, 5) is 10.9. The molecule has 0 aliphatic heterocycles. The lowest BCUT2D eigenvalue weighted by Crippen LogP contribution is -2.01. The fourth-order valence-corrected chi connectivity index (χ4v) is 0.820. The number of ether oxygens (including phenoxy) is 1. The van der Waals surface area contributed by atoms with Gasteiger partial charge in [0.2, 0.25) is 5.89 Å². The van der Waals surface area contributed by atoms with Crippen molar-refractivity contribution in [2.24, 2.45) is 0 Å². The number of esters is 1. The Hall–Kier alpha value is -1.17. The molecule has 5 nitrogen and oxygen atoms in total. The van der Waals surface area contributed by atoms with Gasteiger partial charge >= 0.3 is 5.97 Å². The Morgan fingerprint density at radius 1 is 1.83 bits per heavy atom. The number of aryl methyl sites for hydroxylation is 1. The first kappa shape index (κ1) is 8.92. The van der Waals surface area contributed by atoms with Gasteiger partial charge in [0.05, 0.1) is 13.5 Å². The minimum Gasteiger partial charge on any atom is -0.469 e. The van der Waals surface area contributed by atoms with Gasteiger partial charge in [0.1, 0.15) is 0 Å². The SMILES string of the molecule is COC(=O)CCc1n[nH]c(=S)o1. The normalized spacial score (nSPS) is 9.75. The summed E-state index contributed by atoms with van der Waals surface area (Å²) in [6, 6.07) is 0. The van der Waals surface area contributed by atoms with Crippen molar-refractivity contribution in [3.8, 4) is 0 Å². The molecule has 0 spiro atoms. The molecule has 0 fully saturated rings. The van der Waals surface area contributed by atoms with E-state index in [1.165, 1.54) is 7.11 Å². The number of aromatic amines is 1. The zero-order valence-corrected chi connectivity index (χ0v) is 7.31. The van der Waals surface area contributed by atoms with E-state index in [4.69, 9.17) is 4.42 Å². The molecule has 0 unspecified atom stereocenters. The molecular weight excluding hydrogens is 180 g/mol. The highest BCUT2D eigenvalue weighted by Gasteiger charge is 2.04. The van der Waals surface area contributed by atoms with Crippen LogP contribution in [0.25, 0.3) is 0 Å². The first-order chi connectivity index (χ1) is 5.72. The maximum atomic E-state index is 10.7. The Bertz CT molecular complexity index is 317. The van der Waals surface area contributed by atoms with Gasteiger partial charge in [0, 0.05) is 6.42 Å². The van der Waals surface area contributed by atoms with Gasteiger partial charge in [-0.25, -0.2) is 5.10 Å². The number of hydrogen-bond donors (Lipinski definition) is 1. The fourth-order valence-electron chi connectivity index (χ4n) is 0.679. The van der Waals surface area contributed by atoms with Crippen LogP contribution in [0.1, 0.15) is 12.3 Å². The van der Waals surface area contributed by atoms with Crippen LogP contribution in [0, 0.1) is 4.84 Å². The predicted octanol–water partition coefficient (Wildman–Crippen LogP) is 0.838. The Morgan fingerprint density at radius 2 is 2.58 bits per heavy atom. The second-order valence-electron chi connectivity index (χ2n) is 2.08. The summed E-state index contributed by atoms with van der Waals surface area (Å²) in [5.74, 6) is 0.129. The summed E-state index contributed by atoms with van der Waals surface area (Å²) in [5.41, 5.74) is 0. The minimum atomic E-state index is -0.292. The molecule has 66 valence electrons. The van der Waals surface area contributed by atoms with Crippen molar-refractivity contribution in [3.63, 3.8) is 0 Å². The van der Waals surface area contributed by atoms with Crippen molar-refractivity contribution < 1.29 is 13.9 Å². The highest BCUT2D eigenvalue weighted by Crippen LogP contribution is 1.99. The van der Waals surface area contributed by atoms with Gasteiger partial charge in [-0.1, -0.05) is 0 Å². The molecule has 0 saturated heterocycles. The summed E-state index contributed by atoms with van der Waals surface area (Å²) < 4.78 is 9.35. The van der Waals surface area contributed by atoms with Crippen LogP contribution in [0.15, 0.2) is 4.42 Å². The lowest BCUT2D eigenvalue weighted by Gasteiger charge is -1.93. The van der Waals surface area contributed by atoms with Gasteiger partial charge in [-0.05, 0) is 12.2 Å². The smallest absolute Gasteiger partial charge is 0.306 e. The number of nitrogens with one attached hydrogen (secondary N) is 1. The van der Waals surface area contributed by atoms with E-state index in [9.17, 15) is 4.79 Å². The monoisotopic (exact) mass is 188 g/mol. The number of aromatic nitrogens is 2. The molecule has 0 aliphatic rings. The van der Waals surface area contributed by atoms with Crippen LogP contribution in [-0.4, -0.2) is 23.3 Å². The lowest BCUT2D eigenvalue weighted by molar-refractivity contribution is -0.140. The summed E-state index contributed by atoms with van der Waals surface area (Å²) in [6.07, 6.45) is 0.652. The second kappa shape index (κ2) is 4.01. The molecule has 0 radical (unpaired) electrons. The number of carbonyl (C=O) groups is 1. The van der Waals surface area contributed by atoms with E-state index >= 15 is 0 Å². The van der Waals surface area contributed by atoms with E-state index < -0.39 is 0 Å². The number of nitrogens with zero attached hydrogens (tertiary/aromatic N) is 1. The van der Waals surface area contributed by atoms with E-state index in [0.717, 1.165) is 0 Å². The summed E-state index contributed by atoms with van der Waals surface area (Å²) in [7, 11) is 1.34. The molecule has 6 heteroatoms. The van der Waals surface area contributed by atoms with Gasteiger partial charge in [0.25, 0.3) is 4.84 Å². The van der Waals surface area contributed by atoms with Crippen LogP contribution in [-0.2, 0) is 16.0 Å². The molecule has 1 aromatic heterocycles. The molecule has 0 atom stereocenters. The maximum Gasteiger partial charge on any atom is 0.306 e. The van der Waals surface area contributed by atoms with Crippen molar-refractivity contribution in [1.29, 1.82) is 0 Å². The number of carbonyl (C=O) groups excluding carboxylic acids is 1. The first-order valence-electron chi connectivity index (χ1n) is 3.33. The highest BCUT2D eigenvalue weighted by molar-refractivity contribution is 7.71. The van der Waals surface area contributed by atoms with Crippen LogP contribution in [0.5, 0.6) is 0 Å². The quantitative estimate of drug-likeness (QED) is 0.562. The highest BCUT2D eigenvalue weighted by atomic mass is 32.1. The van der Waals surface area contributed by atoms with Crippen LogP contribution in [0.4, 0.5) is 0 Å². The molecule has 0 aromatic carbocycles. The predicted molar refractivity (Wildman–Crippen MR) is 42.0 cm³/mol. The molecule has 0 aliphatic carbocycles. The molecule has 12 heavy (non-hydrogen) atoms. The Kier molecular flexibility index (Phi) is 2.98. The van der Waals surface area contributed by atoms with Crippen LogP contribution >= 0.6 is 12.2 Å². The summed E-state index contributed by atoms with van der Waals surface area (Å²) in [5, 5.41) is 6.17. The van der Waals surface area contributed by atoms with Crippen molar-refractivity contribution in [1.82, 2.24) is 10.2 Å². The number of rotatable bonds is 3. The van der Waals surface area contributed by atoms with E-state index in [-0.39, 0.29) is 17.2 Å². The molecule has 0 amide bonds. The fraction of sp³-hybridized carbons (Fsp3) is 0.500. The van der Waals surface area contributed by atoms with E-state index in [1.54, 1.807) is 0 Å². The minimum absolute atomic E-state index is 0.217. The van der Waals surface area contributed by atoms with Crippen LogP contribution in [0.3, 0.4) is 0 Å². The molecule has 1 N–H and O–H groups in total. The lowest BCUT2D eigenvalue weighted by atomic mass is 10.3. The average Bonchev–Trinajstić information content (AvgIpc) is 2.47. The maximum absolute atomic E-state index is 10.7. The van der Waals surface area contributed by atoms with Gasteiger partial charge in [-0.2, -0.15) is 0 Å². The van der Waals surface area contributed by atoms with Crippen molar-refractivity contribution in [3.05, 3.63) is 10.7 Å². The second-order valence-corrected chi connectivity index (χ2v) is 2.45. The molecule has 1 rings (SSSR count). The van der Waals surface area contributed by atoms with Crippen LogP contribution in [0.2, 0.25) is 0 Å². The third-order valence-electron chi connectivity index (χ3n) is 1.25. The zero-order chi connectivity index (χ0) is 8.97. The topological polar surface area (TPSA) is 68.1 Å². The van der Waals surface area contributed by atoms with Crippen molar-refractivity contribution in [2.75, 3.05) is 7.11 Å². The van der Waals surface area contributed by atoms with E-state index in [1.807, 2.05) is 0 Å². The van der Waals surface area contributed by atoms with Gasteiger partial charge < -0.3 is 9.15 Å². The number of hydrogen-bond acceptors (Lipinski definition) is 5. The third-order valence-corrected chi connectivity index (χ3v) is 1.43. The first-order valence-corrected chi connectivity index (χ1v) is 3.74. The Morgan fingerprint density at radius 3 is 3.08 bits per heavy atom. The third kappa shape index (κ3) is 2.46. The summed E-state index contributed by atoms with van der Waals surface area (Å²) in [6.45, 7) is 0. The zero-order valence-electron chi connectivity index (χ0n) is 6.49. The van der Waals surface area contributed by atoms with E-state index in [2.05, 4.69) is 27.2 Å². The molecular formula is C6H8N2O3S. The van der Waals surface area contributed by atoms with E-state index in [0.29, 0.717) is 12.3 Å². The average molecular weight is 188 g/mol. The molecule has 0 saturated carbocycles. The number of methoxy groups -OCH3 is 1. The summed E-state index contributed by atoms with van der Waals surface area (Å²) >= 11 is 4.64. The van der Waals surface area contributed by atoms with Crippen molar-refractivity contribution >= 4 is 18.2 Å². The largest absolute Gasteiger partial charge is 0.469 e. The molecule has 0 bridgehead atoms.